The van der Waals surface area contributed by atoms with Crippen LogP contribution < -0.4 is 5.32 Å². The first-order valence-corrected chi connectivity index (χ1v) is 8.39. The summed E-state index contributed by atoms with van der Waals surface area (Å²) in [6.45, 7) is 7.21. The van der Waals surface area contributed by atoms with Gasteiger partial charge in [0.25, 0.3) is 0 Å². The molecule has 1 atom stereocenters. The second-order valence-corrected chi connectivity index (χ2v) is 6.24. The third-order valence-corrected chi connectivity index (χ3v) is 4.28. The van der Waals surface area contributed by atoms with Crippen LogP contribution in [-0.2, 0) is 6.54 Å². The summed E-state index contributed by atoms with van der Waals surface area (Å²) in [7, 11) is 0. The molecule has 0 amide bonds. The molecule has 0 aromatic heterocycles. The van der Waals surface area contributed by atoms with Crippen molar-refractivity contribution < 1.29 is 0 Å². The van der Waals surface area contributed by atoms with E-state index in [0.717, 1.165) is 25.5 Å². The Kier molecular flexibility index (Phi) is 5.09. The van der Waals surface area contributed by atoms with Gasteiger partial charge in [0, 0.05) is 19.1 Å². The lowest BCUT2D eigenvalue weighted by Gasteiger charge is -2.39. The van der Waals surface area contributed by atoms with Gasteiger partial charge in [0.05, 0.1) is 12.6 Å². The van der Waals surface area contributed by atoms with Gasteiger partial charge in [0.15, 0.2) is 0 Å². The summed E-state index contributed by atoms with van der Waals surface area (Å²) in [5.41, 5.74) is 2.53. The van der Waals surface area contributed by atoms with Crippen molar-refractivity contribution in [3.05, 3.63) is 71.8 Å². The summed E-state index contributed by atoms with van der Waals surface area (Å²) < 4.78 is 0. The van der Waals surface area contributed by atoms with E-state index in [1.165, 1.54) is 11.1 Å². The topological polar surface area (TPSA) is 27.6 Å². The number of hydrogen-bond donors (Lipinski definition) is 1. The van der Waals surface area contributed by atoms with Crippen LogP contribution in [0.4, 0.5) is 0 Å². The maximum Gasteiger partial charge on any atom is 0.121 e. The average molecular weight is 307 g/mol. The smallest absolute Gasteiger partial charge is 0.121 e. The van der Waals surface area contributed by atoms with Crippen molar-refractivity contribution in [2.45, 2.75) is 32.5 Å². The molecule has 3 heteroatoms. The zero-order valence-electron chi connectivity index (χ0n) is 13.9. The van der Waals surface area contributed by atoms with E-state index in [-0.39, 0.29) is 6.04 Å². The standard InChI is InChI=1S/C20H25N3/c1-16(2)23-14-13-21-19(18-11-7-4-8-12-18)20(23)22-15-17-9-5-3-6-10-17/h3-12,16,19,21H,13-15H2,1-2H3. The van der Waals surface area contributed by atoms with Gasteiger partial charge in [-0.15, -0.1) is 0 Å². The van der Waals surface area contributed by atoms with Crippen molar-refractivity contribution in [2.75, 3.05) is 13.1 Å². The van der Waals surface area contributed by atoms with E-state index in [2.05, 4.69) is 78.7 Å². The maximum absolute atomic E-state index is 4.99. The lowest BCUT2D eigenvalue weighted by Crippen LogP contribution is -2.52. The average Bonchev–Trinajstić information content (AvgIpc) is 2.61. The third kappa shape index (κ3) is 3.80. The van der Waals surface area contributed by atoms with Gasteiger partial charge in [-0.25, -0.2) is 0 Å². The molecule has 3 rings (SSSR count). The Hall–Kier alpha value is -2.13. The van der Waals surface area contributed by atoms with Crippen LogP contribution in [0.3, 0.4) is 0 Å². The minimum atomic E-state index is 0.177. The zero-order chi connectivity index (χ0) is 16.1. The Balaban J connectivity index is 1.90. The fraction of sp³-hybridized carbons (Fsp3) is 0.350. The first kappa shape index (κ1) is 15.8. The first-order chi connectivity index (χ1) is 11.3. The third-order valence-electron chi connectivity index (χ3n) is 4.28. The van der Waals surface area contributed by atoms with Crippen molar-refractivity contribution >= 4 is 5.84 Å². The zero-order valence-corrected chi connectivity index (χ0v) is 13.9. The second-order valence-electron chi connectivity index (χ2n) is 6.24. The van der Waals surface area contributed by atoms with Gasteiger partial charge < -0.3 is 10.2 Å². The van der Waals surface area contributed by atoms with Crippen LogP contribution in [0.25, 0.3) is 0 Å². The van der Waals surface area contributed by atoms with Crippen molar-refractivity contribution in [3.63, 3.8) is 0 Å². The molecule has 1 aliphatic heterocycles. The normalized spacial score (nSPS) is 20.2. The lowest BCUT2D eigenvalue weighted by atomic mass is 10.0. The number of aliphatic imine (C=N–C) groups is 1. The highest BCUT2D eigenvalue weighted by Crippen LogP contribution is 2.22. The molecule has 0 aliphatic carbocycles. The van der Waals surface area contributed by atoms with Gasteiger partial charge in [0.1, 0.15) is 5.84 Å². The quantitative estimate of drug-likeness (QED) is 0.934. The number of piperazine rings is 1. The number of benzene rings is 2. The number of nitrogens with one attached hydrogen (secondary N) is 1. The lowest BCUT2D eigenvalue weighted by molar-refractivity contribution is 0.299. The number of hydrogen-bond acceptors (Lipinski definition) is 2. The van der Waals surface area contributed by atoms with Gasteiger partial charge in [-0.3, -0.25) is 4.99 Å². The molecule has 1 N–H and O–H groups in total. The minimum Gasteiger partial charge on any atom is -0.355 e. The summed E-state index contributed by atoms with van der Waals surface area (Å²) in [4.78, 5) is 7.42. The van der Waals surface area contributed by atoms with Crippen LogP contribution in [0.2, 0.25) is 0 Å². The minimum absolute atomic E-state index is 0.177. The van der Waals surface area contributed by atoms with Gasteiger partial charge in [0.2, 0.25) is 0 Å². The van der Waals surface area contributed by atoms with Crippen LogP contribution in [-0.4, -0.2) is 29.9 Å². The van der Waals surface area contributed by atoms with Gasteiger partial charge in [-0.05, 0) is 25.0 Å². The molecule has 1 unspecified atom stereocenters. The Labute approximate surface area is 139 Å². The summed E-state index contributed by atoms with van der Waals surface area (Å²) in [5, 5.41) is 3.63. The molecular formula is C20H25N3. The molecule has 0 saturated carbocycles. The Bertz CT molecular complexity index is 634. The summed E-state index contributed by atoms with van der Waals surface area (Å²) in [6.07, 6.45) is 0. The molecule has 2 aromatic carbocycles. The van der Waals surface area contributed by atoms with Crippen LogP contribution in [0.15, 0.2) is 65.7 Å². The molecule has 0 radical (unpaired) electrons. The molecule has 1 heterocycles. The molecule has 0 spiro atoms. The van der Waals surface area contributed by atoms with E-state index >= 15 is 0 Å². The fourth-order valence-corrected chi connectivity index (χ4v) is 3.07. The van der Waals surface area contributed by atoms with Crippen molar-refractivity contribution in [1.82, 2.24) is 10.2 Å². The molecule has 1 fully saturated rings. The molecule has 1 aliphatic rings. The Morgan fingerprint density at radius 1 is 1.04 bits per heavy atom. The predicted molar refractivity (Wildman–Crippen MR) is 96.6 cm³/mol. The van der Waals surface area contributed by atoms with Crippen molar-refractivity contribution in [2.24, 2.45) is 4.99 Å². The molecule has 0 bridgehead atoms. The van der Waals surface area contributed by atoms with Crippen LogP contribution in [0.5, 0.6) is 0 Å². The van der Waals surface area contributed by atoms with E-state index < -0.39 is 0 Å². The Morgan fingerprint density at radius 2 is 1.70 bits per heavy atom. The maximum atomic E-state index is 4.99. The van der Waals surface area contributed by atoms with Gasteiger partial charge >= 0.3 is 0 Å². The van der Waals surface area contributed by atoms with E-state index in [9.17, 15) is 0 Å². The van der Waals surface area contributed by atoms with E-state index in [1.807, 2.05) is 6.07 Å². The van der Waals surface area contributed by atoms with Crippen LogP contribution >= 0.6 is 0 Å². The van der Waals surface area contributed by atoms with Crippen molar-refractivity contribution in [3.8, 4) is 0 Å². The first-order valence-electron chi connectivity index (χ1n) is 8.39. The largest absolute Gasteiger partial charge is 0.355 e. The SMILES string of the molecule is CC(C)N1CCNC(c2ccccc2)C1=NCc1ccccc1. The summed E-state index contributed by atoms with van der Waals surface area (Å²) in [6, 6.07) is 21.7. The van der Waals surface area contributed by atoms with Crippen molar-refractivity contribution in [1.29, 1.82) is 0 Å². The second kappa shape index (κ2) is 7.42. The molecule has 120 valence electrons. The molecular weight excluding hydrogens is 282 g/mol. The molecule has 3 nitrogen and oxygen atoms in total. The predicted octanol–water partition coefficient (Wildman–Crippen LogP) is 3.64. The summed E-state index contributed by atoms with van der Waals surface area (Å²) in [5.74, 6) is 1.15. The van der Waals surface area contributed by atoms with E-state index in [4.69, 9.17) is 4.99 Å². The molecule has 23 heavy (non-hydrogen) atoms. The van der Waals surface area contributed by atoms with E-state index in [0.29, 0.717) is 6.04 Å². The van der Waals surface area contributed by atoms with E-state index in [1.54, 1.807) is 0 Å². The van der Waals surface area contributed by atoms with Crippen LogP contribution in [0, 0.1) is 0 Å². The highest BCUT2D eigenvalue weighted by Gasteiger charge is 2.28. The highest BCUT2D eigenvalue weighted by molar-refractivity contribution is 5.89. The fourth-order valence-electron chi connectivity index (χ4n) is 3.07. The highest BCUT2D eigenvalue weighted by atomic mass is 15.3. The number of rotatable bonds is 4. The van der Waals surface area contributed by atoms with Crippen LogP contribution in [0.1, 0.15) is 31.0 Å². The van der Waals surface area contributed by atoms with Gasteiger partial charge in [-0.2, -0.15) is 0 Å². The number of nitrogens with zero attached hydrogens (tertiary/aromatic N) is 2. The molecule has 2 aromatic rings. The summed E-state index contributed by atoms with van der Waals surface area (Å²) >= 11 is 0. The van der Waals surface area contributed by atoms with Gasteiger partial charge in [-0.1, -0.05) is 60.7 Å². The number of amidine groups is 1. The molecule has 1 saturated heterocycles. The monoisotopic (exact) mass is 307 g/mol. The Morgan fingerprint density at radius 3 is 2.35 bits per heavy atom.